The van der Waals surface area contributed by atoms with E-state index in [-0.39, 0.29) is 23.0 Å². The summed E-state index contributed by atoms with van der Waals surface area (Å²) in [7, 11) is -3.96. The van der Waals surface area contributed by atoms with Crippen LogP contribution in [0.2, 0.25) is 0 Å². The average molecular weight is 501 g/mol. The van der Waals surface area contributed by atoms with Crippen molar-refractivity contribution in [3.8, 4) is 11.1 Å². The maximum absolute atomic E-state index is 13.9. The largest absolute Gasteiger partial charge is 0.306 e. The number of amides is 1. The van der Waals surface area contributed by atoms with E-state index in [4.69, 9.17) is 0 Å². The summed E-state index contributed by atoms with van der Waals surface area (Å²) >= 11 is 0. The van der Waals surface area contributed by atoms with Crippen LogP contribution in [0.25, 0.3) is 11.1 Å². The molecule has 1 aliphatic rings. The fraction of sp³-hybridized carbons (Fsp3) is 0.138. The van der Waals surface area contributed by atoms with Gasteiger partial charge in [-0.05, 0) is 65.6 Å². The van der Waals surface area contributed by atoms with Gasteiger partial charge >= 0.3 is 0 Å². The molecule has 0 fully saturated rings. The highest BCUT2D eigenvalue weighted by atomic mass is 32.2. The van der Waals surface area contributed by atoms with Crippen molar-refractivity contribution in [2.45, 2.75) is 30.3 Å². The molecule has 1 N–H and O–H groups in total. The fourth-order valence-corrected chi connectivity index (χ4v) is 6.02. The fourth-order valence-electron chi connectivity index (χ4n) is 4.63. The first-order valence-electron chi connectivity index (χ1n) is 11.6. The van der Waals surface area contributed by atoms with Gasteiger partial charge in [-0.15, -0.1) is 0 Å². The monoisotopic (exact) mass is 500 g/mol. The zero-order valence-electron chi connectivity index (χ0n) is 19.7. The van der Waals surface area contributed by atoms with Gasteiger partial charge in [-0.25, -0.2) is 12.8 Å². The topological polar surface area (TPSA) is 66.5 Å². The van der Waals surface area contributed by atoms with Gasteiger partial charge in [0, 0.05) is 12.1 Å². The molecule has 36 heavy (non-hydrogen) atoms. The molecule has 4 aromatic carbocycles. The molecule has 1 atom stereocenters. The molecule has 1 heterocycles. The molecule has 1 amide bonds. The van der Waals surface area contributed by atoms with Crippen molar-refractivity contribution in [3.63, 3.8) is 0 Å². The number of carbonyl (C=O) groups is 1. The van der Waals surface area contributed by atoms with Gasteiger partial charge in [0.25, 0.3) is 0 Å². The van der Waals surface area contributed by atoms with Gasteiger partial charge in [0.2, 0.25) is 15.9 Å². The standard InChI is InChI=1S/C29H25FN2O3S/c1-29(31-36(34,35)26-10-6-3-7-11-26)19-24-18-23(22-12-15-25(30)16-13-22)14-17-27(24)32(28(29)33)20-21-8-4-2-5-9-21/h2-18,31H,19-20H2,1H3. The quantitative estimate of drug-likeness (QED) is 0.390. The second-order valence-corrected chi connectivity index (χ2v) is 10.8. The third-order valence-corrected chi connectivity index (χ3v) is 8.02. The predicted octanol–water partition coefficient (Wildman–Crippen LogP) is 5.32. The van der Waals surface area contributed by atoms with Crippen LogP contribution in [0.1, 0.15) is 18.1 Å². The predicted molar refractivity (Wildman–Crippen MR) is 138 cm³/mol. The van der Waals surface area contributed by atoms with Crippen molar-refractivity contribution in [1.82, 2.24) is 4.72 Å². The van der Waals surface area contributed by atoms with Crippen LogP contribution in [-0.4, -0.2) is 19.9 Å². The van der Waals surface area contributed by atoms with Crippen LogP contribution in [0.15, 0.2) is 108 Å². The minimum atomic E-state index is -3.96. The van der Waals surface area contributed by atoms with E-state index in [1.165, 1.54) is 24.3 Å². The van der Waals surface area contributed by atoms with Gasteiger partial charge in [-0.2, -0.15) is 4.72 Å². The molecule has 0 aromatic heterocycles. The molecule has 5 nitrogen and oxygen atoms in total. The van der Waals surface area contributed by atoms with E-state index in [1.807, 2.05) is 48.5 Å². The second kappa shape index (κ2) is 9.33. The van der Waals surface area contributed by atoms with E-state index < -0.39 is 15.6 Å². The Hall–Kier alpha value is -3.81. The van der Waals surface area contributed by atoms with Gasteiger partial charge in [-0.1, -0.05) is 66.7 Å². The van der Waals surface area contributed by atoms with Crippen LogP contribution >= 0.6 is 0 Å². The summed E-state index contributed by atoms with van der Waals surface area (Å²) in [6.45, 7) is 1.92. The molecule has 0 bridgehead atoms. The highest BCUT2D eigenvalue weighted by molar-refractivity contribution is 7.89. The Kier molecular flexibility index (Phi) is 6.20. The normalized spacial score (nSPS) is 17.6. The average Bonchev–Trinajstić information content (AvgIpc) is 2.88. The molecule has 0 saturated carbocycles. The van der Waals surface area contributed by atoms with Crippen molar-refractivity contribution < 1.29 is 17.6 Å². The molecular weight excluding hydrogens is 475 g/mol. The summed E-state index contributed by atoms with van der Waals surface area (Å²) in [4.78, 5) is 15.6. The van der Waals surface area contributed by atoms with Crippen LogP contribution in [0.4, 0.5) is 10.1 Å². The zero-order valence-corrected chi connectivity index (χ0v) is 20.5. The van der Waals surface area contributed by atoms with E-state index in [0.29, 0.717) is 6.54 Å². The van der Waals surface area contributed by atoms with Crippen LogP contribution in [0.3, 0.4) is 0 Å². The molecule has 0 spiro atoms. The third-order valence-electron chi connectivity index (χ3n) is 6.41. The molecule has 0 radical (unpaired) electrons. The minimum Gasteiger partial charge on any atom is -0.306 e. The van der Waals surface area contributed by atoms with Gasteiger partial charge in [-0.3, -0.25) is 4.79 Å². The van der Waals surface area contributed by atoms with E-state index in [2.05, 4.69) is 4.72 Å². The molecule has 0 saturated heterocycles. The number of carbonyl (C=O) groups excluding carboxylic acids is 1. The smallest absolute Gasteiger partial charge is 0.248 e. The van der Waals surface area contributed by atoms with Crippen molar-refractivity contribution in [2.24, 2.45) is 0 Å². The zero-order chi connectivity index (χ0) is 25.3. The Labute approximate surface area is 210 Å². The van der Waals surface area contributed by atoms with Crippen LogP contribution < -0.4 is 9.62 Å². The number of halogens is 1. The number of nitrogens with one attached hydrogen (secondary N) is 1. The van der Waals surface area contributed by atoms with Crippen molar-refractivity contribution >= 4 is 21.6 Å². The second-order valence-electron chi connectivity index (χ2n) is 9.15. The van der Waals surface area contributed by atoms with Crippen molar-refractivity contribution in [2.75, 3.05) is 4.90 Å². The Bertz CT molecular complexity index is 1510. The summed E-state index contributed by atoms with van der Waals surface area (Å²) in [6, 6.07) is 29.5. The van der Waals surface area contributed by atoms with Crippen molar-refractivity contribution in [3.05, 3.63) is 120 Å². The lowest BCUT2D eigenvalue weighted by Gasteiger charge is -2.41. The number of anilines is 1. The third kappa shape index (κ3) is 4.67. The number of nitrogens with zero attached hydrogens (tertiary/aromatic N) is 1. The molecule has 1 unspecified atom stereocenters. The van der Waals surface area contributed by atoms with Gasteiger partial charge in [0.1, 0.15) is 11.4 Å². The number of hydrogen-bond acceptors (Lipinski definition) is 3. The lowest BCUT2D eigenvalue weighted by Crippen LogP contribution is -2.61. The first-order chi connectivity index (χ1) is 17.2. The first-order valence-corrected chi connectivity index (χ1v) is 13.1. The Balaban J connectivity index is 1.58. The highest BCUT2D eigenvalue weighted by Crippen LogP contribution is 2.37. The Morgan fingerprint density at radius 1 is 0.861 bits per heavy atom. The number of hydrogen-bond donors (Lipinski definition) is 1. The summed E-state index contributed by atoms with van der Waals surface area (Å²) in [6.07, 6.45) is 0.174. The maximum atomic E-state index is 13.9. The molecule has 4 aromatic rings. The Morgan fingerprint density at radius 3 is 2.14 bits per heavy atom. The highest BCUT2D eigenvalue weighted by Gasteiger charge is 2.45. The lowest BCUT2D eigenvalue weighted by molar-refractivity contribution is -0.124. The van der Waals surface area contributed by atoms with Crippen LogP contribution in [0, 0.1) is 5.82 Å². The summed E-state index contributed by atoms with van der Waals surface area (Å²) < 4.78 is 42.6. The Morgan fingerprint density at radius 2 is 1.47 bits per heavy atom. The van der Waals surface area contributed by atoms with Crippen LogP contribution in [-0.2, 0) is 27.8 Å². The lowest BCUT2D eigenvalue weighted by atomic mass is 9.85. The number of benzene rings is 4. The molecule has 182 valence electrons. The van der Waals surface area contributed by atoms with E-state index >= 15 is 0 Å². The number of sulfonamides is 1. The summed E-state index contributed by atoms with van der Waals surface area (Å²) in [5.74, 6) is -0.646. The number of fused-ring (bicyclic) bond motifs is 1. The van der Waals surface area contributed by atoms with Crippen molar-refractivity contribution in [1.29, 1.82) is 0 Å². The molecular formula is C29H25FN2O3S. The summed E-state index contributed by atoms with van der Waals surface area (Å²) in [5, 5.41) is 0. The van der Waals surface area contributed by atoms with Gasteiger partial charge in [0.15, 0.2) is 0 Å². The SMILES string of the molecule is CC1(NS(=O)(=O)c2ccccc2)Cc2cc(-c3ccc(F)cc3)ccc2N(Cc2ccccc2)C1=O. The van der Waals surface area contributed by atoms with Crippen LogP contribution in [0.5, 0.6) is 0 Å². The molecule has 7 heteroatoms. The van der Waals surface area contributed by atoms with Gasteiger partial charge in [0.05, 0.1) is 11.4 Å². The number of rotatable bonds is 6. The van der Waals surface area contributed by atoms with E-state index in [1.54, 1.807) is 42.2 Å². The van der Waals surface area contributed by atoms with E-state index in [0.717, 1.165) is 27.9 Å². The molecule has 0 aliphatic carbocycles. The molecule has 1 aliphatic heterocycles. The first kappa shape index (κ1) is 23.9. The molecule has 5 rings (SSSR count). The minimum absolute atomic E-state index is 0.0968. The van der Waals surface area contributed by atoms with E-state index in [9.17, 15) is 17.6 Å². The maximum Gasteiger partial charge on any atom is 0.248 e. The summed E-state index contributed by atoms with van der Waals surface area (Å²) in [5.41, 5.74) is 2.76. The van der Waals surface area contributed by atoms with Gasteiger partial charge < -0.3 is 4.90 Å².